The van der Waals surface area contributed by atoms with Gasteiger partial charge in [-0.15, -0.1) is 0 Å². The second-order valence-electron chi connectivity index (χ2n) is 7.28. The minimum atomic E-state index is -0.645. The Bertz CT molecular complexity index is 1210. The van der Waals surface area contributed by atoms with E-state index in [2.05, 4.69) is 15.8 Å². The predicted molar refractivity (Wildman–Crippen MR) is 128 cm³/mol. The molecule has 3 rings (SSSR count). The van der Waals surface area contributed by atoms with Gasteiger partial charge in [-0.1, -0.05) is 18.2 Å². The lowest BCUT2D eigenvalue weighted by molar-refractivity contribution is -0.384. The number of carbonyl (C=O) groups is 3. The summed E-state index contributed by atoms with van der Waals surface area (Å²) < 4.78 is 5.25. The zero-order valence-electron chi connectivity index (χ0n) is 18.5. The Morgan fingerprint density at radius 3 is 2.26 bits per heavy atom. The van der Waals surface area contributed by atoms with E-state index in [1.165, 1.54) is 30.5 Å². The Kier molecular flexibility index (Phi) is 8.78. The highest BCUT2D eigenvalue weighted by atomic mass is 16.6. The number of nitro groups is 1. The van der Waals surface area contributed by atoms with E-state index < -0.39 is 10.9 Å². The Morgan fingerprint density at radius 1 is 0.914 bits per heavy atom. The number of ether oxygens (including phenoxy) is 1. The van der Waals surface area contributed by atoms with Crippen LogP contribution in [0, 0.1) is 10.1 Å². The molecule has 0 unspecified atom stereocenters. The number of benzene rings is 3. The van der Waals surface area contributed by atoms with E-state index in [1.54, 1.807) is 48.5 Å². The molecule has 178 valence electrons. The fourth-order valence-corrected chi connectivity index (χ4v) is 2.88. The van der Waals surface area contributed by atoms with Crippen molar-refractivity contribution in [2.24, 2.45) is 5.10 Å². The van der Waals surface area contributed by atoms with Crippen molar-refractivity contribution in [1.82, 2.24) is 10.7 Å². The second kappa shape index (κ2) is 12.4. The summed E-state index contributed by atoms with van der Waals surface area (Å²) in [5, 5.41) is 17.3. The number of hydrazone groups is 1. The molecule has 2 amide bonds. The third-order valence-corrected chi connectivity index (χ3v) is 4.71. The molecule has 0 radical (unpaired) electrons. The van der Waals surface area contributed by atoms with Gasteiger partial charge in [-0.05, 0) is 60.5 Å². The fourth-order valence-electron chi connectivity index (χ4n) is 2.88. The maximum Gasteiger partial charge on any atom is 0.343 e. The minimum Gasteiger partial charge on any atom is -0.423 e. The highest BCUT2D eigenvalue weighted by Crippen LogP contribution is 2.16. The van der Waals surface area contributed by atoms with Crippen LogP contribution >= 0.6 is 0 Å². The molecule has 10 nitrogen and oxygen atoms in total. The number of non-ortho nitro benzene ring substituents is 1. The molecular weight excluding hydrogens is 452 g/mol. The van der Waals surface area contributed by atoms with Crippen LogP contribution in [0.4, 0.5) is 5.69 Å². The first-order valence-electron chi connectivity index (χ1n) is 10.6. The number of nitro benzene ring substituents is 1. The van der Waals surface area contributed by atoms with E-state index in [0.29, 0.717) is 24.1 Å². The van der Waals surface area contributed by atoms with Crippen molar-refractivity contribution in [1.29, 1.82) is 0 Å². The van der Waals surface area contributed by atoms with Gasteiger partial charge in [0.15, 0.2) is 0 Å². The van der Waals surface area contributed by atoms with E-state index in [9.17, 15) is 24.5 Å². The molecule has 0 atom stereocenters. The SMILES string of the molecule is O=C(CCCNC(=O)c1ccccc1)N/N=C\c1ccc(OC(=O)c2ccc([N+](=O)[O-])cc2)cc1. The molecule has 0 saturated carbocycles. The maximum atomic E-state index is 12.2. The zero-order chi connectivity index (χ0) is 25.0. The van der Waals surface area contributed by atoms with Gasteiger partial charge in [-0.3, -0.25) is 19.7 Å². The number of hydrogen-bond donors (Lipinski definition) is 2. The van der Waals surface area contributed by atoms with Gasteiger partial charge in [-0.2, -0.15) is 5.10 Å². The Morgan fingerprint density at radius 2 is 1.60 bits per heavy atom. The summed E-state index contributed by atoms with van der Waals surface area (Å²) >= 11 is 0. The first-order valence-corrected chi connectivity index (χ1v) is 10.6. The van der Waals surface area contributed by atoms with Crippen LogP contribution in [0.15, 0.2) is 84.0 Å². The largest absolute Gasteiger partial charge is 0.423 e. The number of esters is 1. The summed E-state index contributed by atoms with van der Waals surface area (Å²) in [7, 11) is 0. The van der Waals surface area contributed by atoms with Crippen LogP contribution in [0.5, 0.6) is 5.75 Å². The Labute approximate surface area is 200 Å². The zero-order valence-corrected chi connectivity index (χ0v) is 18.5. The first-order chi connectivity index (χ1) is 16.9. The highest BCUT2D eigenvalue weighted by molar-refractivity contribution is 5.94. The normalized spacial score (nSPS) is 10.5. The molecule has 3 aromatic rings. The third kappa shape index (κ3) is 7.90. The smallest absolute Gasteiger partial charge is 0.343 e. The van der Waals surface area contributed by atoms with Crippen LogP contribution < -0.4 is 15.5 Å². The summed E-state index contributed by atoms with van der Waals surface area (Å²) in [4.78, 5) is 46.1. The van der Waals surface area contributed by atoms with Crippen molar-refractivity contribution in [3.63, 3.8) is 0 Å². The van der Waals surface area contributed by atoms with E-state index >= 15 is 0 Å². The molecule has 0 bridgehead atoms. The van der Waals surface area contributed by atoms with Crippen LogP contribution in [0.1, 0.15) is 39.1 Å². The van der Waals surface area contributed by atoms with Gasteiger partial charge < -0.3 is 10.1 Å². The summed E-state index contributed by atoms with van der Waals surface area (Å²) in [6.07, 6.45) is 2.11. The van der Waals surface area contributed by atoms with Crippen molar-refractivity contribution < 1.29 is 24.0 Å². The van der Waals surface area contributed by atoms with Crippen molar-refractivity contribution in [3.8, 4) is 5.75 Å². The van der Waals surface area contributed by atoms with Crippen LogP contribution in [-0.4, -0.2) is 35.5 Å². The fraction of sp³-hybridized carbons (Fsp3) is 0.120. The molecule has 0 aliphatic heterocycles. The number of hydrogen-bond acceptors (Lipinski definition) is 7. The van der Waals surface area contributed by atoms with Crippen molar-refractivity contribution in [2.75, 3.05) is 6.54 Å². The van der Waals surface area contributed by atoms with Gasteiger partial charge in [0.1, 0.15) is 5.75 Å². The number of rotatable bonds is 10. The lowest BCUT2D eigenvalue weighted by Crippen LogP contribution is -2.26. The van der Waals surface area contributed by atoms with Gasteiger partial charge in [0.2, 0.25) is 5.91 Å². The molecule has 35 heavy (non-hydrogen) atoms. The minimum absolute atomic E-state index is 0.118. The number of amides is 2. The first kappa shape index (κ1) is 24.8. The number of nitrogens with one attached hydrogen (secondary N) is 2. The Balaban J connectivity index is 1.38. The molecule has 2 N–H and O–H groups in total. The molecule has 10 heteroatoms. The summed E-state index contributed by atoms with van der Waals surface area (Å²) in [6, 6.07) is 20.3. The van der Waals surface area contributed by atoms with Crippen LogP contribution in [0.2, 0.25) is 0 Å². The van der Waals surface area contributed by atoms with Gasteiger partial charge in [0, 0.05) is 30.7 Å². The highest BCUT2D eigenvalue weighted by Gasteiger charge is 2.11. The van der Waals surface area contributed by atoms with Gasteiger partial charge in [-0.25, -0.2) is 10.2 Å². The van der Waals surface area contributed by atoms with E-state index in [4.69, 9.17) is 4.74 Å². The van der Waals surface area contributed by atoms with Crippen molar-refractivity contribution in [2.45, 2.75) is 12.8 Å². The number of nitrogens with zero attached hydrogens (tertiary/aromatic N) is 2. The van der Waals surface area contributed by atoms with Crippen LogP contribution in [0.25, 0.3) is 0 Å². The summed E-state index contributed by atoms with van der Waals surface area (Å²) in [6.45, 7) is 0.366. The summed E-state index contributed by atoms with van der Waals surface area (Å²) in [5.41, 5.74) is 3.71. The Hall–Kier alpha value is -4.86. The van der Waals surface area contributed by atoms with E-state index in [1.807, 2.05) is 6.07 Å². The monoisotopic (exact) mass is 474 g/mol. The molecule has 0 fully saturated rings. The average molecular weight is 474 g/mol. The molecule has 0 aliphatic carbocycles. The maximum absolute atomic E-state index is 12.2. The van der Waals surface area contributed by atoms with E-state index in [-0.39, 0.29) is 35.2 Å². The van der Waals surface area contributed by atoms with Crippen LogP contribution in [-0.2, 0) is 4.79 Å². The molecule has 3 aromatic carbocycles. The molecule has 0 saturated heterocycles. The topological polar surface area (TPSA) is 140 Å². The van der Waals surface area contributed by atoms with Gasteiger partial charge in [0.05, 0.1) is 16.7 Å². The van der Waals surface area contributed by atoms with Crippen molar-refractivity contribution >= 4 is 29.7 Å². The lowest BCUT2D eigenvalue weighted by atomic mass is 10.2. The molecule has 0 aliphatic rings. The molecule has 0 heterocycles. The standard InChI is InChI=1S/C25H22N4O6/c30-23(7-4-16-26-24(31)19-5-2-1-3-6-19)28-27-17-18-8-14-22(15-9-18)35-25(32)20-10-12-21(13-11-20)29(33)34/h1-3,5-6,8-15,17H,4,7,16H2,(H,26,31)(H,28,30)/b27-17-. The summed E-state index contributed by atoms with van der Waals surface area (Å²) in [5.74, 6) is -0.838. The van der Waals surface area contributed by atoms with E-state index in [0.717, 1.165) is 0 Å². The molecule has 0 aromatic heterocycles. The second-order valence-corrected chi connectivity index (χ2v) is 7.28. The number of carbonyl (C=O) groups excluding carboxylic acids is 3. The molecular formula is C25H22N4O6. The van der Waals surface area contributed by atoms with Crippen LogP contribution in [0.3, 0.4) is 0 Å². The molecule has 0 spiro atoms. The average Bonchev–Trinajstić information content (AvgIpc) is 2.88. The van der Waals surface area contributed by atoms with Gasteiger partial charge in [0.25, 0.3) is 11.6 Å². The predicted octanol–water partition coefficient (Wildman–Crippen LogP) is 3.47. The van der Waals surface area contributed by atoms with Crippen molar-refractivity contribution in [3.05, 3.63) is 106 Å². The third-order valence-electron chi connectivity index (χ3n) is 4.71. The quantitative estimate of drug-likeness (QED) is 0.115. The lowest BCUT2D eigenvalue weighted by Gasteiger charge is -2.05. The van der Waals surface area contributed by atoms with Gasteiger partial charge >= 0.3 is 5.97 Å².